The number of hydrogen-bond donors (Lipinski definition) is 2. The molecule has 0 bridgehead atoms. The molecular weight excluding hydrogens is 447 g/mol. The fraction of sp³-hybridized carbons (Fsp3) is 0.333. The van der Waals surface area contributed by atoms with Crippen LogP contribution in [0.25, 0.3) is 0 Å². The number of hydrogen-bond acceptors (Lipinski definition) is 5. The summed E-state index contributed by atoms with van der Waals surface area (Å²) in [5.74, 6) is -0.784. The lowest BCUT2D eigenvalue weighted by Gasteiger charge is -2.39. The molecule has 7 nitrogen and oxygen atoms in total. The number of nitrogens with one attached hydrogen (secondary N) is 2. The van der Waals surface area contributed by atoms with Gasteiger partial charge in [-0.25, -0.2) is 4.39 Å². The maximum Gasteiger partial charge on any atom is 0.309 e. The minimum absolute atomic E-state index is 0.185. The number of piperazine rings is 1. The maximum atomic E-state index is 13.2. The van der Waals surface area contributed by atoms with Crippen molar-refractivity contribution in [3.05, 3.63) is 90.1 Å². The molecule has 1 saturated heterocycles. The largest absolute Gasteiger partial charge is 0.468 e. The Kier molecular flexibility index (Phi) is 8.51. The summed E-state index contributed by atoms with van der Waals surface area (Å²) < 4.78 is 18.9. The average Bonchev–Trinajstić information content (AvgIpc) is 3.43. The third kappa shape index (κ3) is 6.93. The summed E-state index contributed by atoms with van der Waals surface area (Å²) in [5.41, 5.74) is 2.19. The molecule has 184 valence electrons. The lowest BCUT2D eigenvalue weighted by Crippen LogP contribution is -2.50. The smallest absolute Gasteiger partial charge is 0.309 e. The van der Waals surface area contributed by atoms with Gasteiger partial charge in [-0.3, -0.25) is 14.5 Å². The molecule has 0 radical (unpaired) electrons. The van der Waals surface area contributed by atoms with Gasteiger partial charge in [-0.15, -0.1) is 0 Å². The highest BCUT2D eigenvalue weighted by Crippen LogP contribution is 2.24. The van der Waals surface area contributed by atoms with Gasteiger partial charge in [0.1, 0.15) is 11.6 Å². The van der Waals surface area contributed by atoms with Crippen LogP contribution in [0.5, 0.6) is 0 Å². The van der Waals surface area contributed by atoms with Crippen LogP contribution in [0.15, 0.2) is 77.4 Å². The second-order valence-electron chi connectivity index (χ2n) is 8.59. The molecule has 2 amide bonds. The third-order valence-corrected chi connectivity index (χ3v) is 6.25. The van der Waals surface area contributed by atoms with Crippen molar-refractivity contribution in [1.29, 1.82) is 0 Å². The molecule has 1 aromatic heterocycles. The lowest BCUT2D eigenvalue weighted by atomic mass is 10.1. The molecule has 4 rings (SSSR count). The van der Waals surface area contributed by atoms with Gasteiger partial charge in [0.15, 0.2) is 0 Å². The molecule has 3 aromatic rings. The van der Waals surface area contributed by atoms with E-state index in [0.29, 0.717) is 6.54 Å². The first kappa shape index (κ1) is 24.5. The first-order valence-electron chi connectivity index (χ1n) is 12.0. The Labute approximate surface area is 204 Å². The van der Waals surface area contributed by atoms with Gasteiger partial charge >= 0.3 is 11.8 Å². The number of nitrogens with zero attached hydrogens (tertiary/aromatic N) is 2. The number of carbonyl (C=O) groups is 2. The number of rotatable bonds is 9. The minimum Gasteiger partial charge on any atom is -0.468 e. The molecule has 2 aromatic carbocycles. The summed E-state index contributed by atoms with van der Waals surface area (Å²) in [5, 5.41) is 5.47. The fourth-order valence-electron chi connectivity index (χ4n) is 4.32. The van der Waals surface area contributed by atoms with Gasteiger partial charge in [0.2, 0.25) is 0 Å². The van der Waals surface area contributed by atoms with Crippen LogP contribution in [0, 0.1) is 5.82 Å². The van der Waals surface area contributed by atoms with Crippen LogP contribution in [0.1, 0.15) is 23.8 Å². The zero-order valence-electron chi connectivity index (χ0n) is 19.7. The van der Waals surface area contributed by atoms with Crippen molar-refractivity contribution in [2.24, 2.45) is 0 Å². The van der Waals surface area contributed by atoms with Gasteiger partial charge in [-0.05, 0) is 54.8 Å². The molecule has 0 saturated carbocycles. The Balaban J connectivity index is 1.25. The van der Waals surface area contributed by atoms with E-state index in [4.69, 9.17) is 4.42 Å². The SMILES string of the molecule is O=C(NCCCc1ccccc1)C(=O)NC[C@H](c1ccco1)N1CCN(c2ccc(F)cc2)CC1. The van der Waals surface area contributed by atoms with Crippen molar-refractivity contribution in [3.63, 3.8) is 0 Å². The van der Waals surface area contributed by atoms with Crippen LogP contribution in [0.4, 0.5) is 10.1 Å². The monoisotopic (exact) mass is 478 g/mol. The molecule has 1 fully saturated rings. The van der Waals surface area contributed by atoms with Crippen molar-refractivity contribution in [3.8, 4) is 0 Å². The Morgan fingerprint density at radius 3 is 2.29 bits per heavy atom. The van der Waals surface area contributed by atoms with E-state index in [1.165, 1.54) is 17.7 Å². The van der Waals surface area contributed by atoms with Crippen molar-refractivity contribution in [2.75, 3.05) is 44.2 Å². The van der Waals surface area contributed by atoms with E-state index < -0.39 is 11.8 Å². The number of carbonyl (C=O) groups excluding carboxylic acids is 2. The molecule has 0 unspecified atom stereocenters. The third-order valence-electron chi connectivity index (χ3n) is 6.25. The summed E-state index contributed by atoms with van der Waals surface area (Å²) in [6.45, 7) is 3.71. The van der Waals surface area contributed by atoms with E-state index in [0.717, 1.165) is 50.5 Å². The van der Waals surface area contributed by atoms with E-state index in [1.54, 1.807) is 18.4 Å². The normalized spacial score (nSPS) is 14.9. The molecular formula is C27H31FN4O3. The average molecular weight is 479 g/mol. The first-order chi connectivity index (χ1) is 17.1. The first-order valence-corrected chi connectivity index (χ1v) is 12.0. The van der Waals surface area contributed by atoms with Gasteiger partial charge in [-0.1, -0.05) is 30.3 Å². The van der Waals surface area contributed by atoms with Crippen LogP contribution in [-0.4, -0.2) is 56.0 Å². The second-order valence-corrected chi connectivity index (χ2v) is 8.59. The summed E-state index contributed by atoms with van der Waals surface area (Å²) >= 11 is 0. The molecule has 0 spiro atoms. The van der Waals surface area contributed by atoms with E-state index in [-0.39, 0.29) is 18.4 Å². The van der Waals surface area contributed by atoms with Crippen molar-refractivity contribution in [2.45, 2.75) is 18.9 Å². The topological polar surface area (TPSA) is 77.8 Å². The predicted molar refractivity (Wildman–Crippen MR) is 132 cm³/mol. The van der Waals surface area contributed by atoms with Crippen LogP contribution >= 0.6 is 0 Å². The zero-order chi connectivity index (χ0) is 24.5. The molecule has 0 aliphatic carbocycles. The predicted octanol–water partition coefficient (Wildman–Crippen LogP) is 3.15. The summed E-state index contributed by atoms with van der Waals surface area (Å²) in [6, 6.07) is 20.1. The van der Waals surface area contributed by atoms with E-state index in [1.807, 2.05) is 42.5 Å². The Morgan fingerprint density at radius 2 is 1.60 bits per heavy atom. The van der Waals surface area contributed by atoms with Gasteiger partial charge < -0.3 is 20.0 Å². The fourth-order valence-corrected chi connectivity index (χ4v) is 4.32. The molecule has 2 N–H and O–H groups in total. The Hall–Kier alpha value is -3.65. The summed E-state index contributed by atoms with van der Waals surface area (Å²) in [4.78, 5) is 29.1. The summed E-state index contributed by atoms with van der Waals surface area (Å²) in [7, 11) is 0. The molecule has 8 heteroatoms. The second kappa shape index (κ2) is 12.2. The highest BCUT2D eigenvalue weighted by molar-refractivity contribution is 6.35. The van der Waals surface area contributed by atoms with E-state index in [2.05, 4.69) is 20.4 Å². The van der Waals surface area contributed by atoms with Gasteiger partial charge in [-0.2, -0.15) is 0 Å². The zero-order valence-corrected chi connectivity index (χ0v) is 19.7. The standard InChI is InChI=1S/C27H31FN4O3/c28-22-10-12-23(13-11-22)31-15-17-32(18-16-31)24(25-9-5-19-35-25)20-30-27(34)26(33)29-14-4-8-21-6-2-1-3-7-21/h1-3,5-7,9-13,19,24H,4,8,14-18,20H2,(H,29,33)(H,30,34)/t24-/m1/s1. The van der Waals surface area contributed by atoms with Crippen molar-refractivity contribution < 1.29 is 18.4 Å². The van der Waals surface area contributed by atoms with Gasteiger partial charge in [0.05, 0.1) is 12.3 Å². The van der Waals surface area contributed by atoms with Crippen molar-refractivity contribution >= 4 is 17.5 Å². The van der Waals surface area contributed by atoms with Crippen molar-refractivity contribution in [1.82, 2.24) is 15.5 Å². The number of anilines is 1. The van der Waals surface area contributed by atoms with E-state index in [9.17, 15) is 14.0 Å². The quantitative estimate of drug-likeness (QED) is 0.365. The van der Waals surface area contributed by atoms with E-state index >= 15 is 0 Å². The van der Waals surface area contributed by atoms with Crippen LogP contribution < -0.4 is 15.5 Å². The molecule has 2 heterocycles. The van der Waals surface area contributed by atoms with Gasteiger partial charge in [0, 0.05) is 45.0 Å². The number of amides is 2. The molecule has 1 aliphatic rings. The molecule has 1 aliphatic heterocycles. The minimum atomic E-state index is -0.647. The lowest BCUT2D eigenvalue weighted by molar-refractivity contribution is -0.139. The highest BCUT2D eigenvalue weighted by Gasteiger charge is 2.28. The Morgan fingerprint density at radius 1 is 0.886 bits per heavy atom. The Bertz CT molecular complexity index is 1070. The van der Waals surface area contributed by atoms with Crippen LogP contribution in [0.2, 0.25) is 0 Å². The summed E-state index contributed by atoms with van der Waals surface area (Å²) in [6.07, 6.45) is 3.21. The number of benzene rings is 2. The molecule has 35 heavy (non-hydrogen) atoms. The van der Waals surface area contributed by atoms with Crippen LogP contribution in [0.3, 0.4) is 0 Å². The number of halogens is 1. The maximum absolute atomic E-state index is 13.2. The highest BCUT2D eigenvalue weighted by atomic mass is 19.1. The van der Waals surface area contributed by atoms with Gasteiger partial charge in [0.25, 0.3) is 0 Å². The number of aryl methyl sites for hydroxylation is 1. The molecule has 1 atom stereocenters. The van der Waals surface area contributed by atoms with Crippen LogP contribution in [-0.2, 0) is 16.0 Å². The number of furan rings is 1.